The maximum absolute atomic E-state index is 14.8. The van der Waals surface area contributed by atoms with Crippen molar-refractivity contribution >= 4 is 57.9 Å². The molecule has 0 radical (unpaired) electrons. The SMILES string of the molecule is C[C@H]1COCC[C@H]1Nc1ncc2nc(Nc3c(F)cc(Cl)cc3Cl)n([C@H]3CC[C@H](C(N)=O)CC3)c2n1. The average molecular weight is 536 g/mol. The number of ether oxygens (including phenoxy) is 1. The maximum Gasteiger partial charge on any atom is 0.224 e. The van der Waals surface area contributed by atoms with Crippen LogP contribution in [0.2, 0.25) is 10.0 Å². The number of hydrogen-bond acceptors (Lipinski definition) is 7. The summed E-state index contributed by atoms with van der Waals surface area (Å²) in [5, 5.41) is 6.83. The van der Waals surface area contributed by atoms with Crippen molar-refractivity contribution in [2.45, 2.75) is 51.1 Å². The molecule has 192 valence electrons. The number of halogens is 3. The number of carbonyl (C=O) groups excluding carboxylic acids is 1. The van der Waals surface area contributed by atoms with Crippen LogP contribution in [0.25, 0.3) is 11.2 Å². The number of anilines is 3. The van der Waals surface area contributed by atoms with Crippen molar-refractivity contribution in [3.63, 3.8) is 0 Å². The Labute approximate surface area is 217 Å². The van der Waals surface area contributed by atoms with Gasteiger partial charge in [0.05, 0.1) is 23.5 Å². The summed E-state index contributed by atoms with van der Waals surface area (Å²) in [4.78, 5) is 25.7. The molecule has 1 aliphatic carbocycles. The van der Waals surface area contributed by atoms with Crippen LogP contribution in [-0.4, -0.2) is 44.7 Å². The fourth-order valence-electron chi connectivity index (χ4n) is 5.05. The standard InChI is InChI=1S/C24H28Cl2FN7O2/c1-12-11-36-7-6-18(12)30-23-29-10-19-22(33-23)34(15-4-2-13(3-5-15)21(28)35)24(31-19)32-20-16(26)8-14(25)9-17(20)27/h8-10,12-13,15,18H,2-7,11H2,1H3,(H2,28,35)(H,31,32)(H,29,30,33)/t12-,13-,15-,18+/m0/s1. The second-order valence-electron chi connectivity index (χ2n) is 9.58. The van der Waals surface area contributed by atoms with Gasteiger partial charge >= 0.3 is 0 Å². The lowest BCUT2D eigenvalue weighted by atomic mass is 9.85. The summed E-state index contributed by atoms with van der Waals surface area (Å²) in [6.45, 7) is 3.50. The molecule has 1 aliphatic heterocycles. The Morgan fingerprint density at radius 3 is 2.67 bits per heavy atom. The van der Waals surface area contributed by atoms with Crippen LogP contribution in [0, 0.1) is 17.7 Å². The van der Waals surface area contributed by atoms with Crippen LogP contribution in [0.5, 0.6) is 0 Å². The highest BCUT2D eigenvalue weighted by Gasteiger charge is 2.30. The summed E-state index contributed by atoms with van der Waals surface area (Å²) in [6, 6.07) is 2.83. The maximum atomic E-state index is 14.8. The topological polar surface area (TPSA) is 120 Å². The van der Waals surface area contributed by atoms with Crippen LogP contribution < -0.4 is 16.4 Å². The van der Waals surface area contributed by atoms with Gasteiger partial charge in [-0.3, -0.25) is 9.36 Å². The van der Waals surface area contributed by atoms with E-state index < -0.39 is 5.82 Å². The predicted octanol–water partition coefficient (Wildman–Crippen LogP) is 5.07. The van der Waals surface area contributed by atoms with E-state index in [1.807, 2.05) is 4.57 Å². The summed E-state index contributed by atoms with van der Waals surface area (Å²) in [6.07, 6.45) is 5.24. The molecule has 0 bridgehead atoms. The van der Waals surface area contributed by atoms with Gasteiger partial charge in [0, 0.05) is 29.6 Å². The van der Waals surface area contributed by atoms with E-state index in [1.54, 1.807) is 6.20 Å². The first-order valence-corrected chi connectivity index (χ1v) is 12.9. The molecule has 1 saturated carbocycles. The number of fused-ring (bicyclic) bond motifs is 1. The van der Waals surface area contributed by atoms with Crippen LogP contribution >= 0.6 is 23.2 Å². The van der Waals surface area contributed by atoms with E-state index in [0.29, 0.717) is 67.9 Å². The Morgan fingerprint density at radius 1 is 1.19 bits per heavy atom. The van der Waals surface area contributed by atoms with Crippen molar-refractivity contribution in [2.75, 3.05) is 23.8 Å². The number of primary amides is 1. The summed E-state index contributed by atoms with van der Waals surface area (Å²) in [5.74, 6) is 0.177. The number of rotatable bonds is 6. The average Bonchev–Trinajstić information content (AvgIpc) is 3.20. The number of nitrogens with zero attached hydrogens (tertiary/aromatic N) is 4. The van der Waals surface area contributed by atoms with Crippen molar-refractivity contribution in [1.29, 1.82) is 0 Å². The molecule has 36 heavy (non-hydrogen) atoms. The van der Waals surface area contributed by atoms with Gasteiger partial charge in [-0.05, 0) is 50.2 Å². The van der Waals surface area contributed by atoms with E-state index in [1.165, 1.54) is 12.1 Å². The Morgan fingerprint density at radius 2 is 1.97 bits per heavy atom. The fourth-order valence-corrected chi connectivity index (χ4v) is 5.56. The monoisotopic (exact) mass is 535 g/mol. The van der Waals surface area contributed by atoms with Gasteiger partial charge in [0.2, 0.25) is 17.8 Å². The molecule has 1 amide bonds. The first-order valence-electron chi connectivity index (χ1n) is 12.1. The Kier molecular flexibility index (Phi) is 7.18. The number of aromatic nitrogens is 4. The second kappa shape index (κ2) is 10.4. The normalized spacial score (nSPS) is 24.6. The number of carbonyl (C=O) groups is 1. The molecule has 1 saturated heterocycles. The zero-order valence-corrected chi connectivity index (χ0v) is 21.3. The van der Waals surface area contributed by atoms with Crippen LogP contribution in [0.3, 0.4) is 0 Å². The van der Waals surface area contributed by atoms with E-state index in [9.17, 15) is 9.18 Å². The molecule has 12 heteroatoms. The van der Waals surface area contributed by atoms with Gasteiger partial charge in [0.25, 0.3) is 0 Å². The van der Waals surface area contributed by atoms with Gasteiger partial charge in [-0.1, -0.05) is 30.1 Å². The molecular formula is C24H28Cl2FN7O2. The minimum Gasteiger partial charge on any atom is -0.381 e. The van der Waals surface area contributed by atoms with Crippen molar-refractivity contribution in [3.05, 3.63) is 34.2 Å². The Balaban J connectivity index is 1.53. The summed E-state index contributed by atoms with van der Waals surface area (Å²) in [5.41, 5.74) is 6.79. The number of nitrogens with one attached hydrogen (secondary N) is 2. The smallest absolute Gasteiger partial charge is 0.224 e. The molecule has 9 nitrogen and oxygen atoms in total. The van der Waals surface area contributed by atoms with Gasteiger partial charge in [0.15, 0.2) is 5.65 Å². The van der Waals surface area contributed by atoms with E-state index in [2.05, 4.69) is 27.5 Å². The largest absolute Gasteiger partial charge is 0.381 e. The number of imidazole rings is 1. The summed E-state index contributed by atoms with van der Waals surface area (Å²) < 4.78 is 22.3. The van der Waals surface area contributed by atoms with Gasteiger partial charge in [-0.25, -0.2) is 14.4 Å². The number of hydrogen-bond donors (Lipinski definition) is 3. The highest BCUT2D eigenvalue weighted by Crippen LogP contribution is 2.38. The molecule has 2 aliphatic rings. The number of benzene rings is 1. The summed E-state index contributed by atoms with van der Waals surface area (Å²) in [7, 11) is 0. The lowest BCUT2D eigenvalue weighted by Gasteiger charge is -2.30. The molecule has 3 heterocycles. The lowest BCUT2D eigenvalue weighted by molar-refractivity contribution is -0.122. The third kappa shape index (κ3) is 5.07. The third-order valence-electron chi connectivity index (χ3n) is 7.10. The van der Waals surface area contributed by atoms with Crippen molar-refractivity contribution in [1.82, 2.24) is 19.5 Å². The highest BCUT2D eigenvalue weighted by molar-refractivity contribution is 6.36. The molecule has 0 spiro atoms. The second-order valence-corrected chi connectivity index (χ2v) is 10.4. The van der Waals surface area contributed by atoms with Crippen molar-refractivity contribution < 1.29 is 13.9 Å². The lowest BCUT2D eigenvalue weighted by Crippen LogP contribution is -2.36. The van der Waals surface area contributed by atoms with Gasteiger partial charge in [-0.15, -0.1) is 0 Å². The minimum atomic E-state index is -0.592. The predicted molar refractivity (Wildman–Crippen MR) is 137 cm³/mol. The van der Waals surface area contributed by atoms with Crippen LogP contribution in [0.1, 0.15) is 45.1 Å². The molecule has 2 aromatic heterocycles. The third-order valence-corrected chi connectivity index (χ3v) is 7.61. The zero-order chi connectivity index (χ0) is 25.4. The van der Waals surface area contributed by atoms with Crippen LogP contribution in [0.4, 0.5) is 22.0 Å². The highest BCUT2D eigenvalue weighted by atomic mass is 35.5. The fraction of sp³-hybridized carbons (Fsp3) is 0.500. The van der Waals surface area contributed by atoms with Crippen LogP contribution in [0.15, 0.2) is 18.3 Å². The Bertz CT molecular complexity index is 1260. The minimum absolute atomic E-state index is 0.0213. The molecule has 1 aromatic carbocycles. The van der Waals surface area contributed by atoms with Crippen molar-refractivity contribution in [3.8, 4) is 0 Å². The molecule has 0 unspecified atom stereocenters. The number of nitrogens with two attached hydrogens (primary N) is 1. The van der Waals surface area contributed by atoms with E-state index in [4.69, 9.17) is 38.7 Å². The molecule has 5 rings (SSSR count). The first kappa shape index (κ1) is 25.0. The first-order chi connectivity index (χ1) is 17.3. The van der Waals surface area contributed by atoms with E-state index >= 15 is 0 Å². The van der Waals surface area contributed by atoms with Gasteiger partial charge < -0.3 is 21.1 Å². The molecule has 3 aromatic rings. The summed E-state index contributed by atoms with van der Waals surface area (Å²) >= 11 is 12.2. The van der Waals surface area contributed by atoms with E-state index in [-0.39, 0.29) is 39.6 Å². The van der Waals surface area contributed by atoms with Gasteiger partial charge in [0.1, 0.15) is 11.3 Å². The molecule has 4 N–H and O–H groups in total. The van der Waals surface area contributed by atoms with E-state index in [0.717, 1.165) is 6.42 Å². The van der Waals surface area contributed by atoms with Crippen LogP contribution in [-0.2, 0) is 9.53 Å². The zero-order valence-electron chi connectivity index (χ0n) is 19.8. The molecule has 2 fully saturated rings. The van der Waals surface area contributed by atoms with Gasteiger partial charge in [-0.2, -0.15) is 4.98 Å². The number of amides is 1. The molecule has 2 atom stereocenters. The van der Waals surface area contributed by atoms with Crippen molar-refractivity contribution in [2.24, 2.45) is 17.6 Å². The molecular weight excluding hydrogens is 508 g/mol. The quantitative estimate of drug-likeness (QED) is 0.402. The Hall–Kier alpha value is -2.69.